The molecule has 0 aromatic carbocycles. The minimum Gasteiger partial charge on any atom is -0.473 e. The fraction of sp³-hybridized carbons (Fsp3) is 0.810. The van der Waals surface area contributed by atoms with Gasteiger partial charge in [0.05, 0.1) is 50.3 Å². The van der Waals surface area contributed by atoms with Crippen molar-refractivity contribution < 1.29 is 47.5 Å². The summed E-state index contributed by atoms with van der Waals surface area (Å²) in [7, 11) is 0. The zero-order valence-corrected chi connectivity index (χ0v) is 47.3. The first-order chi connectivity index (χ1) is 35.1. The summed E-state index contributed by atoms with van der Waals surface area (Å²) >= 11 is 0. The summed E-state index contributed by atoms with van der Waals surface area (Å²) in [6.45, 7) is 31.7. The molecule has 0 aromatic rings. The molecular weight excluding hydrogens is 917 g/mol. The Labute approximate surface area is 445 Å². The van der Waals surface area contributed by atoms with Crippen molar-refractivity contribution in [2.75, 3.05) is 53.4 Å². The van der Waals surface area contributed by atoms with Crippen LogP contribution in [0.15, 0.2) is 61.3 Å². The van der Waals surface area contributed by atoms with E-state index in [0.717, 1.165) is 85.4 Å². The van der Waals surface area contributed by atoms with Crippen molar-refractivity contribution in [3.63, 3.8) is 0 Å². The van der Waals surface area contributed by atoms with Crippen molar-refractivity contribution in [2.45, 2.75) is 214 Å². The van der Waals surface area contributed by atoms with Gasteiger partial charge in [-0.3, -0.25) is 0 Å². The van der Waals surface area contributed by atoms with Gasteiger partial charge in [0.15, 0.2) is 20.4 Å². The Morgan fingerprint density at radius 1 is 0.356 bits per heavy atom. The van der Waals surface area contributed by atoms with Crippen molar-refractivity contribution in [2.24, 2.45) is 58.7 Å². The van der Waals surface area contributed by atoms with Crippen LogP contribution in [0.1, 0.15) is 214 Å². The molecule has 5 rings (SSSR count). The van der Waals surface area contributed by atoms with E-state index in [4.69, 9.17) is 37.9 Å². The van der Waals surface area contributed by atoms with E-state index < -0.39 is 0 Å². The van der Waals surface area contributed by atoms with E-state index in [9.17, 15) is 9.59 Å². The molecule has 10 heteroatoms. The Balaban J connectivity index is 0.000000317. The van der Waals surface area contributed by atoms with E-state index >= 15 is 0 Å². The molecule has 5 aliphatic rings. The van der Waals surface area contributed by atoms with Gasteiger partial charge in [-0.25, -0.2) is 9.59 Å². The Kier molecular flexibility index (Phi) is 30.2. The smallest absolute Gasteiger partial charge is 0.333 e. The van der Waals surface area contributed by atoms with Crippen molar-refractivity contribution >= 4 is 11.9 Å². The number of esters is 2. The second-order valence-corrected chi connectivity index (χ2v) is 24.0. The minimum atomic E-state index is -0.263. The second-order valence-electron chi connectivity index (χ2n) is 24.0. The monoisotopic (exact) mass is 1020 g/mol. The molecule has 5 saturated carbocycles. The highest BCUT2D eigenvalue weighted by atomic mass is 16.7. The van der Waals surface area contributed by atoms with E-state index in [1.807, 2.05) is 20.8 Å². The normalized spacial score (nSPS) is 26.3. The lowest BCUT2D eigenvalue weighted by Gasteiger charge is -2.42. The minimum absolute atomic E-state index is 0.237. The number of ether oxygens (including phenoxy) is 8. The van der Waals surface area contributed by atoms with Crippen LogP contribution in [0.5, 0.6) is 0 Å². The lowest BCUT2D eigenvalue weighted by atomic mass is 9.65. The molecule has 0 aromatic heterocycles. The fourth-order valence-electron chi connectivity index (χ4n) is 12.8. The molecule has 0 atom stereocenters. The molecule has 0 aliphatic heterocycles. The van der Waals surface area contributed by atoms with Gasteiger partial charge in [0.1, 0.15) is 0 Å². The largest absolute Gasteiger partial charge is 0.473 e. The zero-order chi connectivity index (χ0) is 52.9. The van der Waals surface area contributed by atoms with Gasteiger partial charge >= 0.3 is 11.9 Å². The highest BCUT2D eigenvalue weighted by molar-refractivity contribution is 5.87. The van der Waals surface area contributed by atoms with Gasteiger partial charge in [0, 0.05) is 11.1 Å². The van der Waals surface area contributed by atoms with Gasteiger partial charge in [-0.15, -0.1) is 0 Å². The van der Waals surface area contributed by atoms with Crippen molar-refractivity contribution in [3.05, 3.63) is 61.3 Å². The summed E-state index contributed by atoms with van der Waals surface area (Å²) < 4.78 is 43.7. The van der Waals surface area contributed by atoms with Gasteiger partial charge in [0.25, 0.3) is 0 Å². The molecule has 0 bridgehead atoms. The van der Waals surface area contributed by atoms with Crippen LogP contribution < -0.4 is 0 Å². The van der Waals surface area contributed by atoms with Crippen LogP contribution in [0, 0.1) is 58.7 Å². The van der Waals surface area contributed by atoms with E-state index in [0.29, 0.717) is 61.8 Å². The molecular formula is C63H106O10. The molecule has 10 nitrogen and oxygen atoms in total. The summed E-state index contributed by atoms with van der Waals surface area (Å²) in [5.74, 6) is 9.42. The topological polar surface area (TPSA) is 108 Å². The molecule has 0 radical (unpaired) electrons. The Morgan fingerprint density at radius 3 is 0.904 bits per heavy atom. The molecule has 418 valence electrons. The van der Waals surface area contributed by atoms with Crippen LogP contribution in [0.4, 0.5) is 0 Å². The lowest BCUT2D eigenvalue weighted by molar-refractivity contribution is -0.140. The van der Waals surface area contributed by atoms with Gasteiger partial charge < -0.3 is 37.9 Å². The third kappa shape index (κ3) is 27.0. The molecule has 73 heavy (non-hydrogen) atoms. The van der Waals surface area contributed by atoms with Crippen molar-refractivity contribution in [3.8, 4) is 0 Å². The molecule has 0 spiro atoms. The van der Waals surface area contributed by atoms with Gasteiger partial charge in [-0.2, -0.15) is 0 Å². The Morgan fingerprint density at radius 2 is 0.616 bits per heavy atom. The van der Waals surface area contributed by atoms with Gasteiger partial charge in [-0.05, 0) is 170 Å². The average molecular weight is 1020 g/mol. The molecule has 0 heterocycles. The van der Waals surface area contributed by atoms with Gasteiger partial charge in [0.2, 0.25) is 0 Å². The second kappa shape index (κ2) is 35.3. The average Bonchev–Trinajstić information content (AvgIpc) is 3.36. The quantitative estimate of drug-likeness (QED) is 0.0212. The molecule has 5 aliphatic carbocycles. The van der Waals surface area contributed by atoms with E-state index in [1.165, 1.54) is 154 Å². The van der Waals surface area contributed by atoms with Crippen LogP contribution in [0.2, 0.25) is 0 Å². The van der Waals surface area contributed by atoms with Crippen molar-refractivity contribution in [1.29, 1.82) is 0 Å². The van der Waals surface area contributed by atoms with E-state index in [1.54, 1.807) is 13.8 Å². The standard InChI is InChI=1S/C32H54O4.C31H52O6/c1-24(2)32(33)35-20-18-27-7-11-29(12-8-27)22-31-15-13-30(14-16-31)21-28-9-5-26(6-10-28)17-19-34-23-36-25(3)4;1-24(2)30(32)35-18-13-27-7-9-28(10-8-27)21-29-11-14-31(15-12-29,16-19-33-22-36-25(3)4)17-20-34-23-37-26(5)6/h26-31H,1,3,5-23H2,2,4H3;27-29H,1,3,5,7-23H2,2,4,6H3. The zero-order valence-electron chi connectivity index (χ0n) is 47.3. The summed E-state index contributed by atoms with van der Waals surface area (Å²) in [6.07, 6.45) is 36.7. The van der Waals surface area contributed by atoms with Gasteiger partial charge in [-0.1, -0.05) is 136 Å². The fourth-order valence-corrected chi connectivity index (χ4v) is 12.8. The maximum atomic E-state index is 11.6. The maximum Gasteiger partial charge on any atom is 0.333 e. The summed E-state index contributed by atoms with van der Waals surface area (Å²) in [5.41, 5.74) is 1.25. The van der Waals surface area contributed by atoms with Crippen LogP contribution in [-0.2, 0) is 47.5 Å². The third-order valence-electron chi connectivity index (χ3n) is 17.6. The summed E-state index contributed by atoms with van der Waals surface area (Å²) in [4.78, 5) is 23.1. The van der Waals surface area contributed by atoms with Crippen LogP contribution in [-0.4, -0.2) is 65.4 Å². The Bertz CT molecular complexity index is 1590. The highest BCUT2D eigenvalue weighted by Gasteiger charge is 2.36. The maximum absolute atomic E-state index is 11.6. The summed E-state index contributed by atoms with van der Waals surface area (Å²) in [5, 5.41) is 0. The third-order valence-corrected chi connectivity index (χ3v) is 17.6. The molecule has 5 fully saturated rings. The van der Waals surface area contributed by atoms with Crippen LogP contribution >= 0.6 is 0 Å². The van der Waals surface area contributed by atoms with Crippen LogP contribution in [0.3, 0.4) is 0 Å². The molecule has 0 unspecified atom stereocenters. The van der Waals surface area contributed by atoms with Crippen molar-refractivity contribution in [1.82, 2.24) is 0 Å². The first kappa shape index (κ1) is 62.5. The predicted molar refractivity (Wildman–Crippen MR) is 295 cm³/mol. The Hall–Kier alpha value is -3.08. The number of carbonyl (C=O) groups excluding carboxylic acids is 2. The number of hydrogen-bond acceptors (Lipinski definition) is 10. The number of allylic oxidation sites excluding steroid dienone is 3. The SMILES string of the molecule is C=C(C)OCOCCC1(CCOCOC(=C)C)CCC(CC2CCC(CCOC(=O)C(=C)C)CC2)CC1.C=C(C)OCOCCC1CCC(CC2CCC(CC3CCC(CCOC(=O)C(=C)C)CC3)CC2)CC1. The number of hydrogen-bond donors (Lipinski definition) is 0. The molecule has 0 saturated heterocycles. The lowest BCUT2D eigenvalue weighted by Crippen LogP contribution is -2.31. The summed E-state index contributed by atoms with van der Waals surface area (Å²) in [6, 6.07) is 0. The van der Waals surface area contributed by atoms with Crippen LogP contribution in [0.25, 0.3) is 0 Å². The number of carbonyl (C=O) groups is 2. The molecule has 0 amide bonds. The first-order valence-electron chi connectivity index (χ1n) is 29.3. The van der Waals surface area contributed by atoms with E-state index in [-0.39, 0.29) is 30.9 Å². The highest BCUT2D eigenvalue weighted by Crippen LogP contribution is 2.48. The molecule has 0 N–H and O–H groups in total. The number of rotatable bonds is 32. The predicted octanol–water partition coefficient (Wildman–Crippen LogP) is 16.3. The van der Waals surface area contributed by atoms with E-state index in [2.05, 4.69) is 32.9 Å². The first-order valence-corrected chi connectivity index (χ1v) is 29.3.